The van der Waals surface area contributed by atoms with E-state index in [9.17, 15) is 9.59 Å². The van der Waals surface area contributed by atoms with Crippen LogP contribution in [0.3, 0.4) is 0 Å². The maximum absolute atomic E-state index is 12.1. The summed E-state index contributed by atoms with van der Waals surface area (Å²) in [6.07, 6.45) is 1.49. The second-order valence-electron chi connectivity index (χ2n) is 6.26. The third-order valence-electron chi connectivity index (χ3n) is 4.13. The molecule has 0 fully saturated rings. The number of hydrogen-bond acceptors (Lipinski definition) is 3. The smallest absolute Gasteiger partial charge is 0.224 e. The van der Waals surface area contributed by atoms with E-state index in [1.165, 1.54) is 0 Å². The molecule has 2 N–H and O–H groups in total. The summed E-state index contributed by atoms with van der Waals surface area (Å²) in [6.45, 7) is 0.562. The van der Waals surface area contributed by atoms with E-state index in [0.29, 0.717) is 19.4 Å². The molecule has 0 radical (unpaired) electrons. The van der Waals surface area contributed by atoms with Crippen molar-refractivity contribution in [3.05, 3.63) is 88.1 Å². The highest BCUT2D eigenvalue weighted by Gasteiger charge is 2.06. The van der Waals surface area contributed by atoms with E-state index in [0.717, 1.165) is 28.1 Å². The monoisotopic (exact) mass is 378 g/mol. The van der Waals surface area contributed by atoms with Crippen molar-refractivity contribution in [1.29, 1.82) is 0 Å². The third kappa shape index (κ3) is 6.38. The van der Waals surface area contributed by atoms with Crippen LogP contribution in [0.25, 0.3) is 0 Å². The molecule has 0 unspecified atom stereocenters. The summed E-state index contributed by atoms with van der Waals surface area (Å²) in [7, 11) is 0. The second kappa shape index (κ2) is 9.69. The molecule has 0 bridgehead atoms. The highest BCUT2D eigenvalue weighted by atomic mass is 32.1. The lowest BCUT2D eigenvalue weighted by atomic mass is 10.1. The minimum Gasteiger partial charge on any atom is -0.351 e. The molecular formula is C22H22N2O2S. The fraction of sp³-hybridized carbons (Fsp3) is 0.182. The number of nitrogens with one attached hydrogen (secondary N) is 2. The Morgan fingerprint density at radius 3 is 2.30 bits per heavy atom. The molecule has 27 heavy (non-hydrogen) atoms. The highest BCUT2D eigenvalue weighted by Crippen LogP contribution is 2.12. The van der Waals surface area contributed by atoms with Gasteiger partial charge >= 0.3 is 0 Å². The van der Waals surface area contributed by atoms with Crippen LogP contribution in [0.2, 0.25) is 0 Å². The number of thiophene rings is 1. The lowest BCUT2D eigenvalue weighted by molar-refractivity contribution is -0.120. The predicted octanol–water partition coefficient (Wildman–Crippen LogP) is 4.18. The van der Waals surface area contributed by atoms with Gasteiger partial charge in [-0.05, 0) is 41.1 Å². The van der Waals surface area contributed by atoms with Crippen LogP contribution in [0.5, 0.6) is 0 Å². The van der Waals surface area contributed by atoms with Crippen LogP contribution in [-0.2, 0) is 29.0 Å². The van der Waals surface area contributed by atoms with E-state index in [1.54, 1.807) is 11.3 Å². The number of anilines is 1. The first-order valence-electron chi connectivity index (χ1n) is 8.91. The van der Waals surface area contributed by atoms with Crippen molar-refractivity contribution in [3.8, 4) is 0 Å². The van der Waals surface area contributed by atoms with Crippen molar-refractivity contribution >= 4 is 28.8 Å². The zero-order valence-electron chi connectivity index (χ0n) is 15.0. The number of carbonyl (C=O) groups is 2. The van der Waals surface area contributed by atoms with Crippen LogP contribution < -0.4 is 10.6 Å². The lowest BCUT2D eigenvalue weighted by Gasteiger charge is -2.07. The van der Waals surface area contributed by atoms with Gasteiger partial charge in [-0.2, -0.15) is 0 Å². The zero-order chi connectivity index (χ0) is 18.9. The molecule has 0 aliphatic carbocycles. The van der Waals surface area contributed by atoms with Crippen molar-refractivity contribution in [2.24, 2.45) is 0 Å². The number of carbonyl (C=O) groups excluding carboxylic acids is 2. The average molecular weight is 378 g/mol. The van der Waals surface area contributed by atoms with Gasteiger partial charge in [0.15, 0.2) is 0 Å². The van der Waals surface area contributed by atoms with Gasteiger partial charge in [-0.25, -0.2) is 0 Å². The minimum absolute atomic E-state index is 0.0111. The summed E-state index contributed by atoms with van der Waals surface area (Å²) in [6, 6.07) is 21.3. The molecule has 0 spiro atoms. The van der Waals surface area contributed by atoms with Crippen molar-refractivity contribution < 1.29 is 9.59 Å². The molecule has 0 aliphatic heterocycles. The van der Waals surface area contributed by atoms with E-state index >= 15 is 0 Å². The second-order valence-corrected chi connectivity index (χ2v) is 7.30. The topological polar surface area (TPSA) is 58.2 Å². The largest absolute Gasteiger partial charge is 0.351 e. The Balaban J connectivity index is 1.42. The van der Waals surface area contributed by atoms with Crippen molar-refractivity contribution in [2.45, 2.75) is 25.8 Å². The normalized spacial score (nSPS) is 10.4. The maximum atomic E-state index is 12.1. The molecule has 2 amide bonds. The van der Waals surface area contributed by atoms with Gasteiger partial charge in [0.05, 0.1) is 13.0 Å². The molecule has 0 saturated carbocycles. The molecule has 0 atom stereocenters. The summed E-state index contributed by atoms with van der Waals surface area (Å²) < 4.78 is 0. The fourth-order valence-electron chi connectivity index (χ4n) is 2.68. The highest BCUT2D eigenvalue weighted by molar-refractivity contribution is 7.09. The third-order valence-corrected chi connectivity index (χ3v) is 5.00. The van der Waals surface area contributed by atoms with Gasteiger partial charge in [-0.15, -0.1) is 11.3 Å². The Morgan fingerprint density at radius 2 is 1.59 bits per heavy atom. The SMILES string of the molecule is O=C(Cc1ccc(NC(=O)CCc2ccccc2)cc1)NCc1cccs1. The van der Waals surface area contributed by atoms with Gasteiger partial charge in [0.1, 0.15) is 0 Å². The summed E-state index contributed by atoms with van der Waals surface area (Å²) >= 11 is 1.63. The molecule has 0 saturated heterocycles. The van der Waals surface area contributed by atoms with Gasteiger partial charge < -0.3 is 10.6 Å². The number of benzene rings is 2. The van der Waals surface area contributed by atoms with Crippen LogP contribution in [0.1, 0.15) is 22.4 Å². The van der Waals surface area contributed by atoms with Gasteiger partial charge in [0, 0.05) is 17.0 Å². The summed E-state index contributed by atoms with van der Waals surface area (Å²) in [4.78, 5) is 25.2. The Kier molecular flexibility index (Phi) is 6.77. The van der Waals surface area contributed by atoms with Crippen LogP contribution >= 0.6 is 11.3 Å². The number of aryl methyl sites for hydroxylation is 1. The molecule has 0 aliphatic rings. The molecule has 3 rings (SSSR count). The first-order chi connectivity index (χ1) is 13.2. The molecule has 5 heteroatoms. The molecule has 138 valence electrons. The molecular weight excluding hydrogens is 356 g/mol. The van der Waals surface area contributed by atoms with Crippen molar-refractivity contribution in [1.82, 2.24) is 5.32 Å². The Hall–Kier alpha value is -2.92. The van der Waals surface area contributed by atoms with Crippen LogP contribution in [0.4, 0.5) is 5.69 Å². The molecule has 2 aromatic carbocycles. The minimum atomic E-state index is -0.0136. The number of amides is 2. The molecule has 3 aromatic rings. The first-order valence-corrected chi connectivity index (χ1v) is 9.79. The van der Waals surface area contributed by atoms with Gasteiger partial charge in [0.25, 0.3) is 0 Å². The predicted molar refractivity (Wildman–Crippen MR) is 110 cm³/mol. The van der Waals surface area contributed by atoms with Crippen LogP contribution in [0, 0.1) is 0 Å². The van der Waals surface area contributed by atoms with E-state index in [4.69, 9.17) is 0 Å². The molecule has 4 nitrogen and oxygen atoms in total. The standard InChI is InChI=1S/C22H22N2O2S/c25-21(13-10-17-5-2-1-3-6-17)24-19-11-8-18(9-12-19)15-22(26)23-16-20-7-4-14-27-20/h1-9,11-12,14H,10,13,15-16H2,(H,23,26)(H,24,25). The van der Waals surface area contributed by atoms with Crippen molar-refractivity contribution in [3.63, 3.8) is 0 Å². The fourth-order valence-corrected chi connectivity index (χ4v) is 3.32. The maximum Gasteiger partial charge on any atom is 0.224 e. The van der Waals surface area contributed by atoms with Crippen molar-refractivity contribution in [2.75, 3.05) is 5.32 Å². The average Bonchev–Trinajstić information content (AvgIpc) is 3.21. The number of hydrogen-bond donors (Lipinski definition) is 2. The van der Waals surface area contributed by atoms with E-state index in [2.05, 4.69) is 10.6 Å². The lowest BCUT2D eigenvalue weighted by Crippen LogP contribution is -2.24. The Labute approximate surface area is 163 Å². The zero-order valence-corrected chi connectivity index (χ0v) is 15.8. The quantitative estimate of drug-likeness (QED) is 0.618. The first kappa shape index (κ1) is 18.9. The van der Waals surface area contributed by atoms with Gasteiger partial charge in [0.2, 0.25) is 11.8 Å². The van der Waals surface area contributed by atoms with E-state index in [1.807, 2.05) is 72.1 Å². The van der Waals surface area contributed by atoms with E-state index in [-0.39, 0.29) is 11.8 Å². The summed E-state index contributed by atoms with van der Waals surface area (Å²) in [5.41, 5.74) is 2.81. The van der Waals surface area contributed by atoms with Crippen LogP contribution in [-0.4, -0.2) is 11.8 Å². The van der Waals surface area contributed by atoms with Gasteiger partial charge in [-0.1, -0.05) is 48.5 Å². The summed E-state index contributed by atoms with van der Waals surface area (Å²) in [5.74, 6) is -0.0247. The van der Waals surface area contributed by atoms with Crippen LogP contribution in [0.15, 0.2) is 72.1 Å². The molecule has 1 aromatic heterocycles. The molecule has 1 heterocycles. The van der Waals surface area contributed by atoms with Gasteiger partial charge in [-0.3, -0.25) is 9.59 Å². The van der Waals surface area contributed by atoms with E-state index < -0.39 is 0 Å². The number of rotatable bonds is 8. The Bertz CT molecular complexity index is 859. The Morgan fingerprint density at radius 1 is 0.815 bits per heavy atom. The summed E-state index contributed by atoms with van der Waals surface area (Å²) in [5, 5.41) is 7.81.